The van der Waals surface area contributed by atoms with Gasteiger partial charge in [-0.1, -0.05) is 6.07 Å². The van der Waals surface area contributed by atoms with Crippen LogP contribution in [0.15, 0.2) is 42.6 Å². The third-order valence-electron chi connectivity index (χ3n) is 4.41. The van der Waals surface area contributed by atoms with Crippen LogP contribution in [0, 0.1) is 6.92 Å². The molecule has 0 bridgehead atoms. The summed E-state index contributed by atoms with van der Waals surface area (Å²) in [6.45, 7) is 3.24. The molecule has 2 heterocycles. The average Bonchev–Trinajstić information content (AvgIpc) is 3.07. The Balaban J connectivity index is 1.54. The zero-order valence-corrected chi connectivity index (χ0v) is 17.7. The minimum absolute atomic E-state index is 0.0351. The van der Waals surface area contributed by atoms with E-state index in [0.29, 0.717) is 34.1 Å². The Morgan fingerprint density at radius 1 is 1.17 bits per heavy atom. The van der Waals surface area contributed by atoms with E-state index in [1.54, 1.807) is 55.0 Å². The highest BCUT2D eigenvalue weighted by atomic mass is 32.2. The number of benzene rings is 1. The summed E-state index contributed by atoms with van der Waals surface area (Å²) in [4.78, 5) is 40.5. The van der Waals surface area contributed by atoms with Crippen molar-refractivity contribution < 1.29 is 19.1 Å². The lowest BCUT2D eigenvalue weighted by Crippen LogP contribution is -2.43. The van der Waals surface area contributed by atoms with Crippen LogP contribution in [0.25, 0.3) is 5.65 Å². The number of Topliss-reactive ketones (excluding diaryl/α,β-unsaturated/α-hetero) is 1. The van der Waals surface area contributed by atoms with Gasteiger partial charge in [0.2, 0.25) is 5.91 Å². The van der Waals surface area contributed by atoms with Crippen LogP contribution in [-0.4, -0.2) is 39.8 Å². The quantitative estimate of drug-likeness (QED) is 0.445. The second kappa shape index (κ2) is 9.45. The Morgan fingerprint density at radius 3 is 2.70 bits per heavy atom. The van der Waals surface area contributed by atoms with Gasteiger partial charge in [-0.25, -0.2) is 4.98 Å². The molecule has 1 aromatic carbocycles. The van der Waals surface area contributed by atoms with Gasteiger partial charge in [0.25, 0.3) is 5.91 Å². The predicted molar refractivity (Wildman–Crippen MR) is 115 cm³/mol. The number of aryl methyl sites for hydroxylation is 1. The number of fused-ring (bicyclic) bond motifs is 1. The van der Waals surface area contributed by atoms with Crippen LogP contribution in [-0.2, 0) is 10.5 Å². The molecular formula is C21H22N4O4S. The number of imidazole rings is 1. The number of thioether (sulfide) groups is 1. The maximum Gasteiger partial charge on any atom is 0.288 e. The van der Waals surface area contributed by atoms with Crippen molar-refractivity contribution in [2.45, 2.75) is 19.6 Å². The van der Waals surface area contributed by atoms with Crippen LogP contribution in [0.5, 0.6) is 5.75 Å². The fourth-order valence-corrected chi connectivity index (χ4v) is 3.78. The third-order valence-corrected chi connectivity index (χ3v) is 5.39. The number of aromatic nitrogens is 2. The summed E-state index contributed by atoms with van der Waals surface area (Å²) in [7, 11) is 1.56. The first-order valence-corrected chi connectivity index (χ1v) is 10.3. The maximum absolute atomic E-state index is 12.5. The zero-order valence-electron chi connectivity index (χ0n) is 16.9. The molecular weight excluding hydrogens is 404 g/mol. The van der Waals surface area contributed by atoms with Crippen molar-refractivity contribution in [1.29, 1.82) is 0 Å². The number of rotatable bonds is 7. The Kier molecular flexibility index (Phi) is 6.73. The van der Waals surface area contributed by atoms with Gasteiger partial charge in [0.15, 0.2) is 5.78 Å². The van der Waals surface area contributed by atoms with E-state index in [4.69, 9.17) is 4.74 Å². The highest BCUT2D eigenvalue weighted by molar-refractivity contribution is 7.99. The van der Waals surface area contributed by atoms with Gasteiger partial charge >= 0.3 is 0 Å². The number of carbonyl (C=O) groups excluding carboxylic acids is 3. The van der Waals surface area contributed by atoms with E-state index in [9.17, 15) is 14.4 Å². The summed E-state index contributed by atoms with van der Waals surface area (Å²) in [5.74, 6) is 0.441. The molecule has 8 nitrogen and oxygen atoms in total. The lowest BCUT2D eigenvalue weighted by Gasteiger charge is -2.10. The first-order valence-electron chi connectivity index (χ1n) is 9.19. The number of amides is 2. The molecule has 2 N–H and O–H groups in total. The molecule has 3 aromatic rings. The smallest absolute Gasteiger partial charge is 0.288 e. The zero-order chi connectivity index (χ0) is 21.7. The van der Waals surface area contributed by atoms with E-state index >= 15 is 0 Å². The van der Waals surface area contributed by atoms with E-state index in [2.05, 4.69) is 15.8 Å². The highest BCUT2D eigenvalue weighted by Crippen LogP contribution is 2.24. The van der Waals surface area contributed by atoms with E-state index in [-0.39, 0.29) is 17.4 Å². The molecule has 0 fully saturated rings. The minimum Gasteiger partial charge on any atom is -0.496 e. The van der Waals surface area contributed by atoms with Crippen molar-refractivity contribution >= 4 is 35.0 Å². The largest absolute Gasteiger partial charge is 0.496 e. The number of hydrogen-bond donors (Lipinski definition) is 2. The van der Waals surface area contributed by atoms with Crippen molar-refractivity contribution in [3.63, 3.8) is 0 Å². The minimum atomic E-state index is -0.444. The molecule has 0 unspecified atom stereocenters. The van der Waals surface area contributed by atoms with Crippen LogP contribution in [0.1, 0.15) is 39.0 Å². The van der Waals surface area contributed by atoms with E-state index < -0.39 is 5.91 Å². The van der Waals surface area contributed by atoms with Gasteiger partial charge < -0.3 is 4.74 Å². The number of hydrogen-bond acceptors (Lipinski definition) is 6. The van der Waals surface area contributed by atoms with Gasteiger partial charge in [-0.05, 0) is 44.2 Å². The lowest BCUT2D eigenvalue weighted by molar-refractivity contribution is -0.119. The molecule has 3 rings (SSSR count). The third kappa shape index (κ3) is 4.80. The van der Waals surface area contributed by atoms with Crippen molar-refractivity contribution in [3.05, 3.63) is 65.1 Å². The van der Waals surface area contributed by atoms with Gasteiger partial charge in [0, 0.05) is 23.1 Å². The second-order valence-electron chi connectivity index (χ2n) is 6.55. The number of nitrogens with one attached hydrogen (secondary N) is 2. The Bertz CT molecular complexity index is 1110. The van der Waals surface area contributed by atoms with Crippen molar-refractivity contribution in [2.75, 3.05) is 12.9 Å². The first-order chi connectivity index (χ1) is 14.4. The van der Waals surface area contributed by atoms with Crippen molar-refractivity contribution in [1.82, 2.24) is 20.2 Å². The van der Waals surface area contributed by atoms with Crippen LogP contribution < -0.4 is 15.6 Å². The molecule has 0 radical (unpaired) electrons. The molecule has 0 spiro atoms. The fraction of sp³-hybridized carbons (Fsp3) is 0.238. The number of hydrazine groups is 1. The standard InChI is InChI=1S/C21H22N4O4S/c1-13-20(25-9-5-4-6-18(25)22-13)21(28)24-23-19(27)12-30-11-16-10-15(14(2)26)7-8-17(16)29-3/h4-10H,11-12H2,1-3H3,(H,23,27)(H,24,28). The van der Waals surface area contributed by atoms with Crippen LogP contribution >= 0.6 is 11.8 Å². The molecule has 0 saturated heterocycles. The Morgan fingerprint density at radius 2 is 1.97 bits per heavy atom. The molecule has 2 amide bonds. The predicted octanol–water partition coefficient (Wildman–Crippen LogP) is 2.55. The van der Waals surface area contributed by atoms with E-state index in [1.165, 1.54) is 18.7 Å². The number of methoxy groups -OCH3 is 1. The average molecular weight is 426 g/mol. The number of pyridine rings is 1. The molecule has 9 heteroatoms. The summed E-state index contributed by atoms with van der Waals surface area (Å²) in [6, 6.07) is 10.7. The molecule has 0 atom stereocenters. The summed E-state index contributed by atoms with van der Waals surface area (Å²) < 4.78 is 6.98. The van der Waals surface area contributed by atoms with E-state index in [0.717, 1.165) is 5.56 Å². The summed E-state index contributed by atoms with van der Waals surface area (Å²) >= 11 is 1.35. The number of ether oxygens (including phenoxy) is 1. The maximum atomic E-state index is 12.5. The molecule has 0 aliphatic heterocycles. The molecule has 156 valence electrons. The van der Waals surface area contributed by atoms with Gasteiger partial charge in [-0.15, -0.1) is 11.8 Å². The SMILES string of the molecule is COc1ccc(C(C)=O)cc1CSCC(=O)NNC(=O)c1c(C)nc2ccccn12. The summed E-state index contributed by atoms with van der Waals surface area (Å²) in [5, 5.41) is 0. The van der Waals surface area contributed by atoms with E-state index in [1.807, 2.05) is 6.07 Å². The number of carbonyl (C=O) groups is 3. The topological polar surface area (TPSA) is 102 Å². The number of ketones is 1. The lowest BCUT2D eigenvalue weighted by atomic mass is 10.1. The Hall–Kier alpha value is -3.33. The molecule has 30 heavy (non-hydrogen) atoms. The fourth-order valence-electron chi connectivity index (χ4n) is 2.97. The second-order valence-corrected chi connectivity index (χ2v) is 7.54. The molecule has 0 aliphatic rings. The van der Waals surface area contributed by atoms with Gasteiger partial charge in [0.1, 0.15) is 17.1 Å². The van der Waals surface area contributed by atoms with Crippen LogP contribution in [0.2, 0.25) is 0 Å². The summed E-state index contributed by atoms with van der Waals surface area (Å²) in [5.41, 5.74) is 7.86. The molecule has 2 aromatic heterocycles. The Labute approximate surface area is 178 Å². The van der Waals surface area contributed by atoms with Gasteiger partial charge in [-0.3, -0.25) is 29.6 Å². The molecule has 0 saturated carbocycles. The van der Waals surface area contributed by atoms with Crippen LogP contribution in [0.4, 0.5) is 0 Å². The normalized spacial score (nSPS) is 10.6. The van der Waals surface area contributed by atoms with Crippen LogP contribution in [0.3, 0.4) is 0 Å². The summed E-state index contributed by atoms with van der Waals surface area (Å²) in [6.07, 6.45) is 1.74. The van der Waals surface area contributed by atoms with Crippen molar-refractivity contribution in [2.24, 2.45) is 0 Å². The molecule has 0 aliphatic carbocycles. The highest BCUT2D eigenvalue weighted by Gasteiger charge is 2.17. The van der Waals surface area contributed by atoms with Crippen molar-refractivity contribution in [3.8, 4) is 5.75 Å². The first kappa shape index (κ1) is 21.4. The number of nitrogens with zero attached hydrogens (tertiary/aromatic N) is 2. The monoisotopic (exact) mass is 426 g/mol. The van der Waals surface area contributed by atoms with Gasteiger partial charge in [0.05, 0.1) is 18.6 Å². The van der Waals surface area contributed by atoms with Gasteiger partial charge in [-0.2, -0.15) is 0 Å².